The van der Waals surface area contributed by atoms with E-state index in [9.17, 15) is 14.4 Å². The summed E-state index contributed by atoms with van der Waals surface area (Å²) in [6, 6.07) is 8.84. The van der Waals surface area contributed by atoms with Crippen LogP contribution in [0.3, 0.4) is 0 Å². The first-order valence-corrected chi connectivity index (χ1v) is 6.81. The molecule has 0 N–H and O–H groups in total. The number of nitrogens with zero attached hydrogens (tertiary/aromatic N) is 2. The van der Waals surface area contributed by atoms with Crippen LogP contribution in [0.5, 0.6) is 0 Å². The van der Waals surface area contributed by atoms with Crippen LogP contribution in [-0.2, 0) is 19.1 Å². The van der Waals surface area contributed by atoms with Gasteiger partial charge in [-0.2, -0.15) is 4.99 Å². The Bertz CT molecular complexity index is 652. The van der Waals surface area contributed by atoms with Crippen molar-refractivity contribution in [3.8, 4) is 0 Å². The Morgan fingerprint density at radius 3 is 2.52 bits per heavy atom. The van der Waals surface area contributed by atoms with Crippen molar-refractivity contribution in [1.82, 2.24) is 0 Å². The number of benzene rings is 1. The lowest BCUT2D eigenvalue weighted by atomic mass is 10.3. The zero-order valence-corrected chi connectivity index (χ0v) is 12.2. The molecule has 1 aliphatic rings. The minimum absolute atomic E-state index is 0.124. The fraction of sp³-hybridized carbons (Fsp3) is 0.143. The number of rotatable bonds is 2. The lowest BCUT2D eigenvalue weighted by Gasteiger charge is -2.19. The third-order valence-electron chi connectivity index (χ3n) is 2.58. The number of anilines is 1. The Hall–Kier alpha value is -2.41. The van der Waals surface area contributed by atoms with Gasteiger partial charge in [0.15, 0.2) is 5.17 Å². The van der Waals surface area contributed by atoms with E-state index >= 15 is 0 Å². The Morgan fingerprint density at radius 1 is 1.29 bits per heavy atom. The molecular formula is C14H12N2O4S. The molecule has 1 aromatic rings. The summed E-state index contributed by atoms with van der Waals surface area (Å²) < 4.78 is 4.48. The number of thioether (sulfide) groups is 1. The van der Waals surface area contributed by atoms with E-state index < -0.39 is 11.9 Å². The number of methoxy groups -OCH3 is 1. The molecule has 21 heavy (non-hydrogen) atoms. The second-order valence-electron chi connectivity index (χ2n) is 4.02. The molecule has 7 heteroatoms. The second-order valence-corrected chi connectivity index (χ2v) is 5.03. The molecule has 1 aliphatic heterocycles. The molecule has 1 heterocycles. The normalized spacial score (nSPS) is 15.8. The molecule has 1 aromatic carbocycles. The Kier molecular flexibility index (Phi) is 4.54. The van der Waals surface area contributed by atoms with Crippen LogP contribution >= 0.6 is 11.8 Å². The monoisotopic (exact) mass is 304 g/mol. The molecule has 0 fully saturated rings. The molecule has 0 atom stereocenters. The van der Waals surface area contributed by atoms with E-state index in [0.717, 1.165) is 17.8 Å². The van der Waals surface area contributed by atoms with Crippen molar-refractivity contribution < 1.29 is 19.1 Å². The maximum atomic E-state index is 11.8. The van der Waals surface area contributed by atoms with Crippen LogP contribution in [0.25, 0.3) is 0 Å². The molecule has 0 unspecified atom stereocenters. The fourth-order valence-corrected chi connectivity index (χ4v) is 2.60. The Morgan fingerprint density at radius 2 is 1.95 bits per heavy atom. The molecule has 0 aliphatic carbocycles. The van der Waals surface area contributed by atoms with Gasteiger partial charge in [0.25, 0.3) is 5.91 Å². The molecule has 0 saturated heterocycles. The topological polar surface area (TPSA) is 76.0 Å². The van der Waals surface area contributed by atoms with Crippen molar-refractivity contribution in [3.05, 3.63) is 41.3 Å². The van der Waals surface area contributed by atoms with E-state index in [0.29, 0.717) is 5.69 Å². The van der Waals surface area contributed by atoms with Crippen LogP contribution in [0, 0.1) is 0 Å². The molecule has 6 nitrogen and oxygen atoms in total. The summed E-state index contributed by atoms with van der Waals surface area (Å²) in [5, 5.41) is 0.217. The van der Waals surface area contributed by atoms with Crippen molar-refractivity contribution in [2.45, 2.75) is 6.92 Å². The largest absolute Gasteiger partial charge is 0.466 e. The van der Waals surface area contributed by atoms with Crippen LogP contribution in [0.1, 0.15) is 6.92 Å². The maximum Gasteiger partial charge on any atom is 0.331 e. The molecular weight excluding hydrogens is 292 g/mol. The van der Waals surface area contributed by atoms with Crippen molar-refractivity contribution in [3.63, 3.8) is 0 Å². The summed E-state index contributed by atoms with van der Waals surface area (Å²) in [6.45, 7) is 1.38. The summed E-state index contributed by atoms with van der Waals surface area (Å²) in [6.07, 6.45) is 1.06. The van der Waals surface area contributed by atoms with Gasteiger partial charge in [-0.25, -0.2) is 4.79 Å². The van der Waals surface area contributed by atoms with Crippen LogP contribution in [0.15, 0.2) is 46.3 Å². The number of hydrogen-bond donors (Lipinski definition) is 0. The van der Waals surface area contributed by atoms with Gasteiger partial charge in [0.2, 0.25) is 5.91 Å². The molecule has 0 spiro atoms. The molecule has 108 valence electrons. The van der Waals surface area contributed by atoms with Gasteiger partial charge in [-0.1, -0.05) is 18.2 Å². The van der Waals surface area contributed by atoms with E-state index in [1.54, 1.807) is 24.3 Å². The van der Waals surface area contributed by atoms with Crippen LogP contribution in [0.4, 0.5) is 5.69 Å². The Balaban J connectivity index is 2.31. The average molecular weight is 304 g/mol. The van der Waals surface area contributed by atoms with Crippen LogP contribution < -0.4 is 4.90 Å². The van der Waals surface area contributed by atoms with E-state index in [1.165, 1.54) is 18.9 Å². The van der Waals surface area contributed by atoms with Crippen molar-refractivity contribution in [2.24, 2.45) is 4.99 Å². The predicted octanol–water partition coefficient (Wildman–Crippen LogP) is 1.73. The number of esters is 1. The summed E-state index contributed by atoms with van der Waals surface area (Å²) >= 11 is 0.960. The summed E-state index contributed by atoms with van der Waals surface area (Å²) in [5.74, 6) is -1.49. The van der Waals surface area contributed by atoms with Crippen molar-refractivity contribution in [2.75, 3.05) is 12.0 Å². The molecule has 2 amide bonds. The van der Waals surface area contributed by atoms with E-state index in [1.807, 2.05) is 6.07 Å². The molecule has 0 radical (unpaired) electrons. The number of aliphatic imine (C=N–C) groups is 1. The van der Waals surface area contributed by atoms with Gasteiger partial charge in [0, 0.05) is 13.0 Å². The molecule has 0 aromatic heterocycles. The molecule has 2 rings (SSSR count). The highest BCUT2D eigenvalue weighted by Gasteiger charge is 2.29. The number of para-hydroxylation sites is 1. The van der Waals surface area contributed by atoms with Crippen molar-refractivity contribution >= 4 is 40.4 Å². The highest BCUT2D eigenvalue weighted by Crippen LogP contribution is 2.31. The molecule has 0 bridgehead atoms. The van der Waals surface area contributed by atoms with Gasteiger partial charge >= 0.3 is 5.97 Å². The fourth-order valence-electron chi connectivity index (χ4n) is 1.66. The van der Waals surface area contributed by atoms with Gasteiger partial charge in [-0.15, -0.1) is 0 Å². The number of carbonyl (C=O) groups is 3. The van der Waals surface area contributed by atoms with Gasteiger partial charge in [-0.05, 0) is 23.9 Å². The second kappa shape index (κ2) is 6.36. The van der Waals surface area contributed by atoms with E-state index in [4.69, 9.17) is 0 Å². The number of carbonyl (C=O) groups excluding carboxylic acids is 3. The molecule has 0 saturated carbocycles. The number of ether oxygens (including phenoxy) is 1. The van der Waals surface area contributed by atoms with Gasteiger partial charge < -0.3 is 4.74 Å². The lowest BCUT2D eigenvalue weighted by molar-refractivity contribution is -0.135. The summed E-state index contributed by atoms with van der Waals surface area (Å²) in [7, 11) is 1.22. The standard InChI is InChI=1S/C14H12N2O4S/c1-9(17)16(10-6-4-3-5-7-10)14-15-13(19)11(21-14)8-12(18)20-2/h3-8H,1-2H3. The van der Waals surface area contributed by atoms with E-state index in [-0.39, 0.29) is 16.0 Å². The van der Waals surface area contributed by atoms with Crippen LogP contribution in [0.2, 0.25) is 0 Å². The lowest BCUT2D eigenvalue weighted by Crippen LogP contribution is -2.32. The number of hydrogen-bond acceptors (Lipinski definition) is 5. The minimum Gasteiger partial charge on any atom is -0.466 e. The first-order chi connectivity index (χ1) is 10.0. The average Bonchev–Trinajstić information content (AvgIpc) is 2.80. The zero-order valence-electron chi connectivity index (χ0n) is 11.4. The Labute approximate surface area is 125 Å². The number of amides is 2. The van der Waals surface area contributed by atoms with Crippen LogP contribution in [-0.4, -0.2) is 30.1 Å². The van der Waals surface area contributed by atoms with Gasteiger partial charge in [0.05, 0.1) is 17.7 Å². The number of amidine groups is 1. The van der Waals surface area contributed by atoms with Gasteiger partial charge in [0.1, 0.15) is 0 Å². The maximum absolute atomic E-state index is 11.8. The smallest absolute Gasteiger partial charge is 0.331 e. The predicted molar refractivity (Wildman–Crippen MR) is 79.7 cm³/mol. The third kappa shape index (κ3) is 3.38. The van der Waals surface area contributed by atoms with Crippen molar-refractivity contribution in [1.29, 1.82) is 0 Å². The first kappa shape index (κ1) is 15.0. The third-order valence-corrected chi connectivity index (χ3v) is 3.55. The highest BCUT2D eigenvalue weighted by molar-refractivity contribution is 8.18. The quantitative estimate of drug-likeness (QED) is 0.614. The minimum atomic E-state index is -0.642. The zero-order chi connectivity index (χ0) is 15.4. The van der Waals surface area contributed by atoms with Gasteiger partial charge in [-0.3, -0.25) is 14.5 Å². The summed E-state index contributed by atoms with van der Waals surface area (Å²) in [4.78, 5) is 40.1. The SMILES string of the molecule is COC(=O)C=C1SC(N(C(C)=O)c2ccccc2)=NC1=O. The highest BCUT2D eigenvalue weighted by atomic mass is 32.2. The van der Waals surface area contributed by atoms with E-state index in [2.05, 4.69) is 9.73 Å². The summed E-state index contributed by atoms with van der Waals surface area (Å²) in [5.41, 5.74) is 0.600. The first-order valence-electron chi connectivity index (χ1n) is 5.99.